The molecule has 0 aliphatic carbocycles. The van der Waals surface area contributed by atoms with Gasteiger partial charge in [-0.2, -0.15) is 26.3 Å². The zero-order valence-corrected chi connectivity index (χ0v) is 12.5. The molecule has 0 radical (unpaired) electrons. The second kappa shape index (κ2) is 6.00. The molecule has 0 aliphatic heterocycles. The van der Waals surface area contributed by atoms with Gasteiger partial charge >= 0.3 is 11.0 Å². The van der Waals surface area contributed by atoms with Gasteiger partial charge in [-0.3, -0.25) is 0 Å². The van der Waals surface area contributed by atoms with Crippen LogP contribution >= 0.6 is 0 Å². The first-order chi connectivity index (χ1) is 10.9. The Bertz CT molecular complexity index is 828. The second-order valence-corrected chi connectivity index (χ2v) is 8.54. The number of halogens is 10. The van der Waals surface area contributed by atoms with Crippen LogP contribution in [0.4, 0.5) is 43.9 Å². The van der Waals surface area contributed by atoms with Crippen LogP contribution in [-0.4, -0.2) is 27.9 Å². The number of rotatable bonds is 3. The summed E-state index contributed by atoms with van der Waals surface area (Å²) in [7, 11) is -15.1. The molecule has 0 N–H and O–H groups in total. The van der Waals surface area contributed by atoms with E-state index in [-0.39, 0.29) is 0 Å². The Morgan fingerprint density at radius 2 is 0.960 bits per heavy atom. The number of hydrogen-bond acceptors (Lipinski definition) is 4. The van der Waals surface area contributed by atoms with Gasteiger partial charge in [0.05, 0.1) is 5.56 Å². The first-order valence-corrected chi connectivity index (χ1v) is 8.39. The van der Waals surface area contributed by atoms with Gasteiger partial charge in [-0.05, 0) is 0 Å². The van der Waals surface area contributed by atoms with E-state index < -0.39 is 70.2 Å². The zero-order chi connectivity index (χ0) is 20.2. The van der Waals surface area contributed by atoms with Gasteiger partial charge in [0.2, 0.25) is 4.58 Å². The van der Waals surface area contributed by atoms with Crippen molar-refractivity contribution in [2.75, 3.05) is 0 Å². The SMILES string of the molecule is O=S(=O)(C(c1c(F)c(F)cc(F)c1F)S(=O)(=O)C(F)(F)F)C(F)(F)F. The van der Waals surface area contributed by atoms with Crippen LogP contribution in [0.15, 0.2) is 6.07 Å². The van der Waals surface area contributed by atoms with E-state index in [1.807, 2.05) is 0 Å². The van der Waals surface area contributed by atoms with Crippen LogP contribution in [0, 0.1) is 23.3 Å². The monoisotopic (exact) mass is 428 g/mol. The van der Waals surface area contributed by atoms with Gasteiger partial charge in [0.15, 0.2) is 23.3 Å². The van der Waals surface area contributed by atoms with Crippen molar-refractivity contribution in [1.29, 1.82) is 0 Å². The highest BCUT2D eigenvalue weighted by molar-refractivity contribution is 8.09. The lowest BCUT2D eigenvalue weighted by Gasteiger charge is -2.22. The van der Waals surface area contributed by atoms with E-state index in [9.17, 15) is 60.7 Å². The third-order valence-electron chi connectivity index (χ3n) is 2.59. The maximum Gasteiger partial charge on any atom is 0.499 e. The smallest absolute Gasteiger partial charge is 0.218 e. The minimum absolute atomic E-state index is 0.675. The summed E-state index contributed by atoms with van der Waals surface area (Å²) in [6.45, 7) is 0. The fourth-order valence-electron chi connectivity index (χ4n) is 1.52. The fourth-order valence-corrected chi connectivity index (χ4v) is 5.03. The third kappa shape index (κ3) is 3.40. The fraction of sp³-hybridized carbons (Fsp3) is 0.333. The number of benzene rings is 1. The molecule has 0 heterocycles. The lowest BCUT2D eigenvalue weighted by atomic mass is 10.2. The average molecular weight is 428 g/mol. The summed E-state index contributed by atoms with van der Waals surface area (Å²) in [4.78, 5) is 0. The molecule has 0 fully saturated rings. The van der Waals surface area contributed by atoms with Gasteiger partial charge in [-0.1, -0.05) is 0 Å². The van der Waals surface area contributed by atoms with Crippen molar-refractivity contribution >= 4 is 19.7 Å². The van der Waals surface area contributed by atoms with Crippen LogP contribution in [0.25, 0.3) is 0 Å². The van der Waals surface area contributed by atoms with Crippen LogP contribution in [0.5, 0.6) is 0 Å². The molecule has 0 spiro atoms. The summed E-state index contributed by atoms with van der Waals surface area (Å²) in [6.07, 6.45) is 0. The van der Waals surface area contributed by atoms with Crippen molar-refractivity contribution in [2.24, 2.45) is 0 Å². The number of hydrogen-bond donors (Lipinski definition) is 0. The van der Waals surface area contributed by atoms with E-state index in [4.69, 9.17) is 0 Å². The standard InChI is InChI=1S/C9H2F10O4S2/c10-2-1-3(11)6(13)4(5(2)12)7(24(20,21)8(14,15)16)25(22,23)9(17,18)19/h1,7H. The molecule has 25 heavy (non-hydrogen) atoms. The quantitative estimate of drug-likeness (QED) is 0.548. The van der Waals surface area contributed by atoms with E-state index >= 15 is 0 Å². The molecule has 1 aromatic carbocycles. The van der Waals surface area contributed by atoms with E-state index in [0.29, 0.717) is 0 Å². The van der Waals surface area contributed by atoms with Gasteiger partial charge in [-0.15, -0.1) is 0 Å². The maximum atomic E-state index is 13.5. The first kappa shape index (κ1) is 21.5. The zero-order valence-electron chi connectivity index (χ0n) is 10.9. The van der Waals surface area contributed by atoms with Crippen LogP contribution in [0.2, 0.25) is 0 Å². The predicted molar refractivity (Wildman–Crippen MR) is 59.0 cm³/mol. The van der Waals surface area contributed by atoms with Crippen molar-refractivity contribution in [3.05, 3.63) is 34.9 Å². The summed E-state index contributed by atoms with van der Waals surface area (Å²) in [5.41, 5.74) is -16.6. The highest BCUT2D eigenvalue weighted by atomic mass is 32.3. The van der Waals surface area contributed by atoms with Gasteiger partial charge in [0.25, 0.3) is 19.7 Å². The molecule has 4 nitrogen and oxygen atoms in total. The largest absolute Gasteiger partial charge is 0.499 e. The summed E-state index contributed by atoms with van der Waals surface area (Å²) in [5.74, 6) is -11.3. The topological polar surface area (TPSA) is 68.3 Å². The highest BCUT2D eigenvalue weighted by Crippen LogP contribution is 2.46. The van der Waals surface area contributed by atoms with Crippen LogP contribution in [0.3, 0.4) is 0 Å². The van der Waals surface area contributed by atoms with Crippen molar-refractivity contribution in [3.63, 3.8) is 0 Å². The molecule has 1 aromatic rings. The Morgan fingerprint density at radius 3 is 1.20 bits per heavy atom. The van der Waals surface area contributed by atoms with Gasteiger partial charge < -0.3 is 0 Å². The molecule has 0 saturated heterocycles. The Labute approximate surface area is 131 Å². The Morgan fingerprint density at radius 1 is 0.680 bits per heavy atom. The molecule has 0 bridgehead atoms. The summed E-state index contributed by atoms with van der Waals surface area (Å²) in [6, 6.07) is -0.675. The second-order valence-electron chi connectivity index (χ2n) is 4.20. The van der Waals surface area contributed by atoms with E-state index in [2.05, 4.69) is 0 Å². The Balaban J connectivity index is 4.12. The minimum Gasteiger partial charge on any atom is -0.218 e. The molecule has 0 aromatic heterocycles. The first-order valence-electron chi connectivity index (χ1n) is 5.30. The Hall–Kier alpha value is -1.58. The molecule has 0 aliphatic rings. The molecular formula is C9H2F10O4S2. The number of alkyl halides is 6. The van der Waals surface area contributed by atoms with Crippen molar-refractivity contribution in [3.8, 4) is 0 Å². The summed E-state index contributed by atoms with van der Waals surface area (Å²) >= 11 is 0. The minimum atomic E-state index is -7.53. The molecule has 0 atom stereocenters. The molecule has 1 rings (SSSR count). The molecule has 16 heteroatoms. The molecule has 0 unspecified atom stereocenters. The highest BCUT2D eigenvalue weighted by Gasteiger charge is 2.65. The summed E-state index contributed by atoms with van der Waals surface area (Å²) < 4.78 is 168. The van der Waals surface area contributed by atoms with Crippen molar-refractivity contribution in [1.82, 2.24) is 0 Å². The average Bonchev–Trinajstić information content (AvgIpc) is 2.38. The summed E-state index contributed by atoms with van der Waals surface area (Å²) in [5, 5.41) is 0. The third-order valence-corrected chi connectivity index (χ3v) is 7.00. The van der Waals surface area contributed by atoms with Crippen molar-refractivity contribution < 1.29 is 60.7 Å². The molecule has 0 saturated carbocycles. The van der Waals surface area contributed by atoms with Gasteiger partial charge in [-0.25, -0.2) is 34.4 Å². The lowest BCUT2D eigenvalue weighted by molar-refractivity contribution is -0.0473. The molecule has 144 valence electrons. The maximum absolute atomic E-state index is 13.5. The van der Waals surface area contributed by atoms with Crippen LogP contribution in [-0.2, 0) is 19.7 Å². The Kier molecular flexibility index (Phi) is 5.15. The van der Waals surface area contributed by atoms with Crippen molar-refractivity contribution in [2.45, 2.75) is 15.6 Å². The van der Waals surface area contributed by atoms with E-state index in [1.54, 1.807) is 0 Å². The number of sulfone groups is 2. The van der Waals surface area contributed by atoms with Gasteiger partial charge in [0, 0.05) is 6.07 Å². The van der Waals surface area contributed by atoms with Crippen LogP contribution in [0.1, 0.15) is 10.1 Å². The van der Waals surface area contributed by atoms with Gasteiger partial charge in [0.1, 0.15) is 0 Å². The lowest BCUT2D eigenvalue weighted by Crippen LogP contribution is -2.40. The van der Waals surface area contributed by atoms with E-state index in [0.717, 1.165) is 0 Å². The normalized spacial score (nSPS) is 14.2. The van der Waals surface area contributed by atoms with E-state index in [1.165, 1.54) is 0 Å². The molecule has 0 amide bonds. The molecular weight excluding hydrogens is 426 g/mol. The predicted octanol–water partition coefficient (Wildman–Crippen LogP) is 3.11. The van der Waals surface area contributed by atoms with Crippen LogP contribution < -0.4 is 0 Å².